The number of hydrogen-bond acceptors (Lipinski definition) is 2. The third-order valence-corrected chi connectivity index (χ3v) is 5.43. The van der Waals surface area contributed by atoms with Crippen LogP contribution in [0.3, 0.4) is 0 Å². The number of benzene rings is 1. The molecule has 1 aromatic carbocycles. The number of aryl methyl sites for hydroxylation is 2. The summed E-state index contributed by atoms with van der Waals surface area (Å²) in [5.41, 5.74) is 3.57. The Balaban J connectivity index is 2.32. The Kier molecular flexibility index (Phi) is 4.87. The molecular formula is C13H10Br3NOS. The van der Waals surface area contributed by atoms with Gasteiger partial charge in [0.1, 0.15) is 0 Å². The first-order valence-electron chi connectivity index (χ1n) is 5.41. The van der Waals surface area contributed by atoms with Crippen molar-refractivity contribution >= 4 is 70.7 Å². The van der Waals surface area contributed by atoms with Crippen molar-refractivity contribution in [2.45, 2.75) is 13.8 Å². The Morgan fingerprint density at radius 2 is 1.68 bits per heavy atom. The van der Waals surface area contributed by atoms with Crippen LogP contribution >= 0.6 is 59.1 Å². The summed E-state index contributed by atoms with van der Waals surface area (Å²) in [5.74, 6) is -0.109. The van der Waals surface area contributed by atoms with Crippen molar-refractivity contribution < 1.29 is 4.79 Å². The maximum Gasteiger partial charge on any atom is 0.257 e. The maximum absolute atomic E-state index is 12.3. The molecule has 0 radical (unpaired) electrons. The highest BCUT2D eigenvalue weighted by molar-refractivity contribution is 9.12. The summed E-state index contributed by atoms with van der Waals surface area (Å²) in [7, 11) is 0. The number of amides is 1. The predicted molar refractivity (Wildman–Crippen MR) is 91.3 cm³/mol. The van der Waals surface area contributed by atoms with Gasteiger partial charge in [0.25, 0.3) is 5.91 Å². The van der Waals surface area contributed by atoms with Crippen molar-refractivity contribution in [1.82, 2.24) is 0 Å². The van der Waals surface area contributed by atoms with Gasteiger partial charge in [-0.2, -0.15) is 0 Å². The lowest BCUT2D eigenvalue weighted by atomic mass is 10.1. The minimum absolute atomic E-state index is 0.109. The van der Waals surface area contributed by atoms with E-state index in [4.69, 9.17) is 0 Å². The number of hydrogen-bond donors (Lipinski definition) is 1. The molecule has 1 amide bonds. The molecule has 0 saturated carbocycles. The van der Waals surface area contributed by atoms with Crippen molar-refractivity contribution in [3.63, 3.8) is 0 Å². The van der Waals surface area contributed by atoms with Gasteiger partial charge in [-0.05, 0) is 75.0 Å². The first-order valence-corrected chi connectivity index (χ1v) is 8.61. The second-order valence-electron chi connectivity index (χ2n) is 4.11. The topological polar surface area (TPSA) is 29.1 Å². The molecular weight excluding hydrogens is 458 g/mol. The smallest absolute Gasteiger partial charge is 0.257 e. The summed E-state index contributed by atoms with van der Waals surface area (Å²) in [6.07, 6.45) is 0. The third-order valence-electron chi connectivity index (χ3n) is 2.64. The van der Waals surface area contributed by atoms with Crippen LogP contribution in [0.25, 0.3) is 0 Å². The molecule has 2 rings (SSSR count). The van der Waals surface area contributed by atoms with Gasteiger partial charge >= 0.3 is 0 Å². The zero-order valence-corrected chi connectivity index (χ0v) is 15.8. The number of anilines is 1. The first kappa shape index (κ1) is 15.2. The average molecular weight is 468 g/mol. The predicted octanol–water partition coefficient (Wildman–Crippen LogP) is 5.90. The molecule has 0 aliphatic carbocycles. The Morgan fingerprint density at radius 1 is 1.11 bits per heavy atom. The highest BCUT2D eigenvalue weighted by Gasteiger charge is 2.15. The molecule has 0 fully saturated rings. The van der Waals surface area contributed by atoms with Crippen LogP contribution in [0.4, 0.5) is 5.69 Å². The zero-order chi connectivity index (χ0) is 14.2. The van der Waals surface area contributed by atoms with E-state index in [1.54, 1.807) is 0 Å². The molecule has 6 heteroatoms. The van der Waals surface area contributed by atoms with Gasteiger partial charge in [-0.15, -0.1) is 11.3 Å². The first-order chi connectivity index (χ1) is 8.88. The summed E-state index contributed by atoms with van der Waals surface area (Å²) in [4.78, 5) is 12.3. The van der Waals surface area contributed by atoms with Crippen molar-refractivity contribution in [1.29, 1.82) is 0 Å². The molecule has 0 bridgehead atoms. The van der Waals surface area contributed by atoms with Crippen molar-refractivity contribution in [3.05, 3.63) is 46.9 Å². The number of carbonyl (C=O) groups excluding carboxylic acids is 1. The second kappa shape index (κ2) is 6.08. The molecule has 19 heavy (non-hydrogen) atoms. The molecule has 100 valence electrons. The fourth-order valence-electron chi connectivity index (χ4n) is 1.78. The summed E-state index contributed by atoms with van der Waals surface area (Å²) < 4.78 is 2.76. The molecule has 1 aromatic heterocycles. The van der Waals surface area contributed by atoms with E-state index in [2.05, 4.69) is 53.1 Å². The van der Waals surface area contributed by atoms with E-state index in [0.717, 1.165) is 28.9 Å². The Morgan fingerprint density at radius 3 is 2.16 bits per heavy atom. The number of halogens is 3. The van der Waals surface area contributed by atoms with Crippen LogP contribution in [0.15, 0.2) is 30.2 Å². The van der Waals surface area contributed by atoms with Gasteiger partial charge in [0.2, 0.25) is 0 Å². The minimum atomic E-state index is -0.109. The zero-order valence-electron chi connectivity index (χ0n) is 10.2. The van der Waals surface area contributed by atoms with E-state index in [-0.39, 0.29) is 5.91 Å². The normalized spacial score (nSPS) is 10.6. The van der Waals surface area contributed by atoms with Crippen LogP contribution in [0.5, 0.6) is 0 Å². The summed E-state index contributed by atoms with van der Waals surface area (Å²) >= 11 is 11.7. The maximum atomic E-state index is 12.3. The van der Waals surface area contributed by atoms with Gasteiger partial charge in [-0.1, -0.05) is 15.9 Å². The lowest BCUT2D eigenvalue weighted by Gasteiger charge is -2.12. The number of nitrogens with one attached hydrogen (secondary N) is 1. The van der Waals surface area contributed by atoms with Crippen LogP contribution in [-0.2, 0) is 0 Å². The largest absolute Gasteiger partial charge is 0.321 e. The van der Waals surface area contributed by atoms with Gasteiger partial charge in [0.05, 0.1) is 13.1 Å². The van der Waals surface area contributed by atoms with Crippen LogP contribution in [-0.4, -0.2) is 5.91 Å². The van der Waals surface area contributed by atoms with E-state index in [1.807, 2.05) is 32.0 Å². The van der Waals surface area contributed by atoms with Gasteiger partial charge in [-0.25, -0.2) is 0 Å². The SMILES string of the molecule is Cc1cc(Br)cc(C)c1NC(=O)c1cc(Br)sc1Br. The summed E-state index contributed by atoms with van der Waals surface area (Å²) in [5, 5.41) is 2.97. The van der Waals surface area contributed by atoms with Crippen molar-refractivity contribution in [2.75, 3.05) is 5.32 Å². The molecule has 0 saturated heterocycles. The van der Waals surface area contributed by atoms with Crippen LogP contribution in [0, 0.1) is 13.8 Å². The fraction of sp³-hybridized carbons (Fsp3) is 0.154. The highest BCUT2D eigenvalue weighted by Crippen LogP contribution is 2.33. The standard InChI is InChI=1S/C13H10Br3NOS/c1-6-3-8(14)4-7(2)11(6)17-13(18)9-5-10(15)19-12(9)16/h3-5H,1-2H3,(H,17,18). The monoisotopic (exact) mass is 465 g/mol. The minimum Gasteiger partial charge on any atom is -0.321 e. The molecule has 2 aromatic rings. The fourth-order valence-corrected chi connectivity index (χ4v) is 5.26. The van der Waals surface area contributed by atoms with Gasteiger partial charge in [-0.3, -0.25) is 4.79 Å². The van der Waals surface area contributed by atoms with Gasteiger partial charge < -0.3 is 5.32 Å². The number of thiophene rings is 1. The van der Waals surface area contributed by atoms with E-state index >= 15 is 0 Å². The van der Waals surface area contributed by atoms with Crippen LogP contribution in [0.1, 0.15) is 21.5 Å². The highest BCUT2D eigenvalue weighted by atomic mass is 79.9. The molecule has 1 N–H and O–H groups in total. The quantitative estimate of drug-likeness (QED) is 0.585. The lowest BCUT2D eigenvalue weighted by molar-refractivity contribution is 0.102. The van der Waals surface area contributed by atoms with Crippen molar-refractivity contribution in [3.8, 4) is 0 Å². The second-order valence-corrected chi connectivity index (χ2v) is 8.77. The Labute approximate surface area is 141 Å². The Bertz CT molecular complexity index is 628. The molecule has 1 heterocycles. The van der Waals surface area contributed by atoms with Crippen LogP contribution < -0.4 is 5.32 Å². The summed E-state index contributed by atoms with van der Waals surface area (Å²) in [6, 6.07) is 5.79. The van der Waals surface area contributed by atoms with E-state index in [1.165, 1.54) is 11.3 Å². The van der Waals surface area contributed by atoms with Gasteiger partial charge in [0.15, 0.2) is 0 Å². The van der Waals surface area contributed by atoms with Crippen LogP contribution in [0.2, 0.25) is 0 Å². The third kappa shape index (κ3) is 3.48. The molecule has 0 unspecified atom stereocenters. The van der Waals surface area contributed by atoms with E-state index < -0.39 is 0 Å². The molecule has 0 spiro atoms. The summed E-state index contributed by atoms with van der Waals surface area (Å²) in [6.45, 7) is 3.96. The Hall–Kier alpha value is -0.170. The lowest BCUT2D eigenvalue weighted by Crippen LogP contribution is -2.13. The molecule has 0 aliphatic heterocycles. The number of carbonyl (C=O) groups is 1. The van der Waals surface area contributed by atoms with Crippen molar-refractivity contribution in [2.24, 2.45) is 0 Å². The molecule has 0 aliphatic rings. The van der Waals surface area contributed by atoms with E-state index in [0.29, 0.717) is 5.56 Å². The van der Waals surface area contributed by atoms with Gasteiger partial charge in [0, 0.05) is 10.2 Å². The molecule has 2 nitrogen and oxygen atoms in total. The number of rotatable bonds is 2. The van der Waals surface area contributed by atoms with E-state index in [9.17, 15) is 4.79 Å². The average Bonchev–Trinajstić information content (AvgIpc) is 2.62. The molecule has 0 atom stereocenters.